The number of hydrogen-bond acceptors (Lipinski definition) is 3. The fraction of sp³-hybridized carbons (Fsp3) is 0.278. The highest BCUT2D eigenvalue weighted by Gasteiger charge is 2.18. The first-order chi connectivity index (χ1) is 11.2. The first-order valence-electron chi connectivity index (χ1n) is 7.22. The first-order valence-corrected chi connectivity index (χ1v) is 8.29. The second-order valence-electron chi connectivity index (χ2n) is 4.53. The smallest absolute Gasteiger partial charge is 0.195 e. The minimum atomic E-state index is -1.08. The summed E-state index contributed by atoms with van der Waals surface area (Å²) in [6, 6.07) is 17.7. The second kappa shape index (κ2) is 12.1. The lowest BCUT2D eigenvalue weighted by Gasteiger charge is -2.09. The standard InChI is InChI=1S/C14H12O2.C4H8Cl2O/c15-13(11-7-3-1-4-8-11)14(16)12-9-5-2-6-10-12;5-1-3-7-4-2-6/h1-10,13,15H;1-4H2. The van der Waals surface area contributed by atoms with Gasteiger partial charge in [-0.3, -0.25) is 4.79 Å². The van der Waals surface area contributed by atoms with Crippen LogP contribution in [0.4, 0.5) is 0 Å². The number of carbonyl (C=O) groups is 1. The highest BCUT2D eigenvalue weighted by atomic mass is 35.5. The molecule has 0 spiro atoms. The van der Waals surface area contributed by atoms with Gasteiger partial charge in [-0.15, -0.1) is 23.2 Å². The molecule has 2 rings (SSSR count). The molecule has 0 saturated carbocycles. The average Bonchev–Trinajstić information content (AvgIpc) is 2.63. The number of rotatable bonds is 7. The Morgan fingerprint density at radius 1 is 0.913 bits per heavy atom. The maximum absolute atomic E-state index is 11.9. The van der Waals surface area contributed by atoms with Gasteiger partial charge in [0.15, 0.2) is 5.78 Å². The molecule has 0 radical (unpaired) electrons. The van der Waals surface area contributed by atoms with Crippen molar-refractivity contribution in [3.05, 3.63) is 71.8 Å². The van der Waals surface area contributed by atoms with E-state index in [9.17, 15) is 9.90 Å². The van der Waals surface area contributed by atoms with E-state index in [2.05, 4.69) is 0 Å². The van der Waals surface area contributed by atoms with Gasteiger partial charge in [-0.1, -0.05) is 60.7 Å². The van der Waals surface area contributed by atoms with Crippen molar-refractivity contribution >= 4 is 29.0 Å². The Hall–Kier alpha value is -1.39. The molecule has 1 unspecified atom stereocenters. The van der Waals surface area contributed by atoms with Crippen LogP contribution in [0.25, 0.3) is 0 Å². The normalized spacial score (nSPS) is 11.3. The van der Waals surface area contributed by atoms with Crippen molar-refractivity contribution in [2.24, 2.45) is 0 Å². The Morgan fingerprint density at radius 3 is 1.87 bits per heavy atom. The highest BCUT2D eigenvalue weighted by Crippen LogP contribution is 2.17. The Bertz CT molecular complexity index is 543. The maximum atomic E-state index is 11.9. The van der Waals surface area contributed by atoms with Gasteiger partial charge in [0.2, 0.25) is 0 Å². The van der Waals surface area contributed by atoms with E-state index < -0.39 is 6.10 Å². The second-order valence-corrected chi connectivity index (χ2v) is 5.29. The number of halogens is 2. The van der Waals surface area contributed by atoms with E-state index in [-0.39, 0.29) is 5.78 Å². The first kappa shape index (κ1) is 19.7. The molecule has 0 bridgehead atoms. The van der Waals surface area contributed by atoms with Crippen LogP contribution < -0.4 is 0 Å². The molecule has 0 aliphatic rings. The van der Waals surface area contributed by atoms with Crippen molar-refractivity contribution in [3.8, 4) is 0 Å². The van der Waals surface area contributed by atoms with Crippen LogP contribution in [-0.2, 0) is 4.74 Å². The van der Waals surface area contributed by atoms with Gasteiger partial charge in [0.25, 0.3) is 0 Å². The summed E-state index contributed by atoms with van der Waals surface area (Å²) in [5, 5.41) is 9.89. The lowest BCUT2D eigenvalue weighted by Crippen LogP contribution is -2.11. The molecule has 0 aromatic heterocycles. The zero-order valence-corrected chi connectivity index (χ0v) is 14.2. The average molecular weight is 355 g/mol. The molecular formula is C18H20Cl2O3. The summed E-state index contributed by atoms with van der Waals surface area (Å²) in [6.45, 7) is 1.21. The number of hydrogen-bond donors (Lipinski definition) is 1. The maximum Gasteiger partial charge on any atom is 0.195 e. The van der Waals surface area contributed by atoms with Crippen LogP contribution >= 0.6 is 23.2 Å². The SMILES string of the molecule is ClCCOCCCl.O=C(c1ccccc1)C(O)c1ccccc1. The third kappa shape index (κ3) is 7.62. The van der Waals surface area contributed by atoms with Crippen molar-refractivity contribution in [2.75, 3.05) is 25.0 Å². The predicted octanol–water partition coefficient (Wildman–Crippen LogP) is 4.08. The van der Waals surface area contributed by atoms with Crippen molar-refractivity contribution in [1.82, 2.24) is 0 Å². The van der Waals surface area contributed by atoms with Crippen molar-refractivity contribution in [2.45, 2.75) is 6.10 Å². The lowest BCUT2D eigenvalue weighted by molar-refractivity contribution is 0.0747. The van der Waals surface area contributed by atoms with Crippen LogP contribution in [0.3, 0.4) is 0 Å². The van der Waals surface area contributed by atoms with E-state index in [1.54, 1.807) is 48.5 Å². The molecule has 1 N–H and O–H groups in total. The summed E-state index contributed by atoms with van der Waals surface area (Å²) in [4.78, 5) is 11.9. The summed E-state index contributed by atoms with van der Waals surface area (Å²) in [7, 11) is 0. The molecule has 0 aliphatic heterocycles. The van der Waals surface area contributed by atoms with Gasteiger partial charge in [0.05, 0.1) is 13.2 Å². The van der Waals surface area contributed by atoms with Crippen molar-refractivity contribution < 1.29 is 14.6 Å². The zero-order valence-electron chi connectivity index (χ0n) is 12.7. The number of aliphatic hydroxyl groups excluding tert-OH is 1. The Morgan fingerprint density at radius 2 is 1.39 bits per heavy atom. The van der Waals surface area contributed by atoms with Gasteiger partial charge in [0, 0.05) is 17.3 Å². The molecule has 0 heterocycles. The van der Waals surface area contributed by atoms with Gasteiger partial charge in [-0.2, -0.15) is 0 Å². The Balaban J connectivity index is 0.000000322. The number of ketones is 1. The van der Waals surface area contributed by atoms with E-state index in [0.717, 1.165) is 0 Å². The molecule has 0 aliphatic carbocycles. The third-order valence-electron chi connectivity index (χ3n) is 2.86. The van der Waals surface area contributed by atoms with Crippen molar-refractivity contribution in [1.29, 1.82) is 0 Å². The number of alkyl halides is 2. The van der Waals surface area contributed by atoms with Gasteiger partial charge in [-0.05, 0) is 5.56 Å². The molecule has 0 fully saturated rings. The van der Waals surface area contributed by atoms with Gasteiger partial charge >= 0.3 is 0 Å². The number of Topliss-reactive ketones (excluding diaryl/α,β-unsaturated/α-hetero) is 1. The summed E-state index contributed by atoms with van der Waals surface area (Å²) < 4.78 is 4.87. The van der Waals surface area contributed by atoms with Gasteiger partial charge in [-0.25, -0.2) is 0 Å². The van der Waals surface area contributed by atoms with Gasteiger partial charge < -0.3 is 9.84 Å². The van der Waals surface area contributed by atoms with Crippen LogP contribution in [0.5, 0.6) is 0 Å². The fourth-order valence-corrected chi connectivity index (χ4v) is 1.98. The fourth-order valence-electron chi connectivity index (χ4n) is 1.76. The predicted molar refractivity (Wildman–Crippen MR) is 94.4 cm³/mol. The topological polar surface area (TPSA) is 46.5 Å². The molecule has 23 heavy (non-hydrogen) atoms. The molecule has 3 nitrogen and oxygen atoms in total. The molecule has 0 saturated heterocycles. The van der Waals surface area contributed by atoms with Crippen LogP contribution in [-0.4, -0.2) is 35.9 Å². The van der Waals surface area contributed by atoms with E-state index in [4.69, 9.17) is 27.9 Å². The number of aliphatic hydroxyl groups is 1. The van der Waals surface area contributed by atoms with E-state index >= 15 is 0 Å². The highest BCUT2D eigenvalue weighted by molar-refractivity contribution is 6.18. The molecular weight excluding hydrogens is 335 g/mol. The largest absolute Gasteiger partial charge is 0.380 e. The molecule has 0 amide bonds. The minimum absolute atomic E-state index is 0.271. The Labute approximate surface area is 146 Å². The molecule has 124 valence electrons. The summed E-state index contributed by atoms with van der Waals surface area (Å²) in [6.07, 6.45) is -1.08. The molecule has 2 aromatic rings. The number of ether oxygens (including phenoxy) is 1. The van der Waals surface area contributed by atoms with Crippen LogP contribution in [0.15, 0.2) is 60.7 Å². The van der Waals surface area contributed by atoms with Crippen molar-refractivity contribution in [3.63, 3.8) is 0 Å². The third-order valence-corrected chi connectivity index (χ3v) is 3.17. The summed E-state index contributed by atoms with van der Waals surface area (Å²) in [5.41, 5.74) is 1.15. The molecule has 5 heteroatoms. The quantitative estimate of drug-likeness (QED) is 0.462. The molecule has 2 aromatic carbocycles. The summed E-state index contributed by atoms with van der Waals surface area (Å²) in [5.74, 6) is 0.833. The number of benzene rings is 2. The van der Waals surface area contributed by atoms with Crippen LogP contribution in [0.1, 0.15) is 22.0 Å². The molecule has 1 atom stereocenters. The lowest BCUT2D eigenvalue weighted by atomic mass is 10.0. The Kier molecular flexibility index (Phi) is 10.3. The van der Waals surface area contributed by atoms with E-state index in [1.165, 1.54) is 0 Å². The number of carbonyl (C=O) groups excluding carboxylic acids is 1. The van der Waals surface area contributed by atoms with Gasteiger partial charge in [0.1, 0.15) is 6.10 Å². The van der Waals surface area contributed by atoms with Crippen LogP contribution in [0, 0.1) is 0 Å². The summed E-state index contributed by atoms with van der Waals surface area (Å²) >= 11 is 10.5. The van der Waals surface area contributed by atoms with E-state index in [1.807, 2.05) is 12.1 Å². The monoisotopic (exact) mass is 354 g/mol. The van der Waals surface area contributed by atoms with E-state index in [0.29, 0.717) is 36.1 Å². The van der Waals surface area contributed by atoms with Crippen LogP contribution in [0.2, 0.25) is 0 Å². The minimum Gasteiger partial charge on any atom is -0.380 e. The zero-order chi connectivity index (χ0) is 16.9.